The van der Waals surface area contributed by atoms with Crippen molar-refractivity contribution in [2.45, 2.75) is 44.2 Å². The fourth-order valence-corrected chi connectivity index (χ4v) is 3.48. The second-order valence-corrected chi connectivity index (χ2v) is 5.87. The molecule has 0 spiro atoms. The molecular weight excluding hydrogens is 268 g/mol. The van der Waals surface area contributed by atoms with Crippen LogP contribution >= 0.6 is 0 Å². The van der Waals surface area contributed by atoms with Gasteiger partial charge in [-0.3, -0.25) is 9.59 Å². The Labute approximate surface area is 124 Å². The van der Waals surface area contributed by atoms with Gasteiger partial charge >= 0.3 is 5.97 Å². The van der Waals surface area contributed by atoms with Crippen LogP contribution in [-0.4, -0.2) is 29.0 Å². The summed E-state index contributed by atoms with van der Waals surface area (Å²) < 4.78 is 0. The Kier molecular flexibility index (Phi) is 3.24. The molecule has 3 fully saturated rings. The molecular formula is C16H20N2O3. The molecule has 0 aliphatic carbocycles. The summed E-state index contributed by atoms with van der Waals surface area (Å²) >= 11 is 0. The fraction of sp³-hybridized carbons (Fsp3) is 0.500. The molecule has 5 heteroatoms. The Hall–Kier alpha value is -1.88. The van der Waals surface area contributed by atoms with Gasteiger partial charge in [0.05, 0.1) is 0 Å². The van der Waals surface area contributed by atoms with E-state index in [4.69, 9.17) is 4.84 Å². The van der Waals surface area contributed by atoms with E-state index in [1.165, 1.54) is 12.0 Å². The van der Waals surface area contributed by atoms with Crippen molar-refractivity contribution in [2.24, 2.45) is 0 Å². The predicted molar refractivity (Wildman–Crippen MR) is 77.0 cm³/mol. The van der Waals surface area contributed by atoms with Crippen LogP contribution in [0.5, 0.6) is 0 Å². The second-order valence-electron chi connectivity index (χ2n) is 5.87. The minimum atomic E-state index is -0.596. The topological polar surface area (TPSA) is 58.6 Å². The van der Waals surface area contributed by atoms with Crippen LogP contribution < -0.4 is 5.32 Å². The summed E-state index contributed by atoms with van der Waals surface area (Å²) in [5, 5.41) is 4.72. The van der Waals surface area contributed by atoms with E-state index in [0.717, 1.165) is 18.4 Å². The van der Waals surface area contributed by atoms with Gasteiger partial charge in [-0.1, -0.05) is 37.3 Å². The smallest absolute Gasteiger partial charge is 0.329 e. The lowest BCUT2D eigenvalue weighted by Crippen LogP contribution is -2.75. The summed E-state index contributed by atoms with van der Waals surface area (Å²) in [7, 11) is 0. The molecule has 1 N–H and O–H groups in total. The van der Waals surface area contributed by atoms with Gasteiger partial charge in [-0.15, -0.1) is 0 Å². The highest BCUT2D eigenvalue weighted by atomic mass is 16.7. The summed E-state index contributed by atoms with van der Waals surface area (Å²) in [6.45, 7) is 3.92. The number of carbonyl (C=O) groups excluding carboxylic acids is 2. The molecule has 1 aromatic rings. The van der Waals surface area contributed by atoms with E-state index in [1.807, 2.05) is 37.3 Å². The van der Waals surface area contributed by atoms with Crippen LogP contribution in [0.25, 0.3) is 0 Å². The molecule has 3 saturated heterocycles. The molecule has 3 aliphatic rings. The molecule has 1 aromatic carbocycles. The summed E-state index contributed by atoms with van der Waals surface area (Å²) in [6, 6.07) is 9.78. The highest BCUT2D eigenvalue weighted by Crippen LogP contribution is 2.46. The Morgan fingerprint density at radius 2 is 2.05 bits per heavy atom. The van der Waals surface area contributed by atoms with E-state index in [1.54, 1.807) is 0 Å². The molecule has 2 bridgehead atoms. The molecule has 0 aromatic heterocycles. The summed E-state index contributed by atoms with van der Waals surface area (Å²) in [4.78, 5) is 29.6. The average Bonchev–Trinajstić information content (AvgIpc) is 2.52. The van der Waals surface area contributed by atoms with Gasteiger partial charge < -0.3 is 10.2 Å². The van der Waals surface area contributed by atoms with Crippen molar-refractivity contribution >= 4 is 11.9 Å². The highest BCUT2D eigenvalue weighted by Gasteiger charge is 2.60. The molecule has 2 unspecified atom stereocenters. The van der Waals surface area contributed by atoms with E-state index in [0.29, 0.717) is 13.0 Å². The van der Waals surface area contributed by atoms with E-state index in [2.05, 4.69) is 5.32 Å². The number of piperidine rings is 2. The first-order valence-corrected chi connectivity index (χ1v) is 7.38. The first kappa shape index (κ1) is 14.1. The van der Waals surface area contributed by atoms with E-state index in [9.17, 15) is 9.59 Å². The average molecular weight is 288 g/mol. The van der Waals surface area contributed by atoms with Crippen molar-refractivity contribution in [3.63, 3.8) is 0 Å². The third-order valence-electron chi connectivity index (χ3n) is 4.80. The van der Waals surface area contributed by atoms with Crippen molar-refractivity contribution < 1.29 is 14.4 Å². The van der Waals surface area contributed by atoms with Crippen LogP contribution in [0.2, 0.25) is 0 Å². The van der Waals surface area contributed by atoms with Crippen LogP contribution in [0, 0.1) is 0 Å². The first-order chi connectivity index (χ1) is 10.0. The quantitative estimate of drug-likeness (QED) is 0.920. The first-order valence-electron chi connectivity index (χ1n) is 7.38. The zero-order chi connectivity index (χ0) is 15.1. The molecule has 1 amide bonds. The number of carbonyl (C=O) groups is 2. The minimum Gasteiger partial charge on any atom is -0.337 e. The van der Waals surface area contributed by atoms with Crippen LogP contribution in [0.3, 0.4) is 0 Å². The lowest BCUT2D eigenvalue weighted by atomic mass is 9.69. The lowest BCUT2D eigenvalue weighted by Gasteiger charge is -2.57. The van der Waals surface area contributed by atoms with Crippen molar-refractivity contribution in [3.05, 3.63) is 35.9 Å². The van der Waals surface area contributed by atoms with Gasteiger partial charge in [0, 0.05) is 13.5 Å². The molecule has 0 radical (unpaired) electrons. The third-order valence-corrected chi connectivity index (χ3v) is 4.80. The van der Waals surface area contributed by atoms with Gasteiger partial charge in [-0.2, -0.15) is 5.06 Å². The SMILES string of the molecule is CCC12CCC(c3ccccc3)(CN1)N(OC(C)=O)C2=O. The normalized spacial score (nSPS) is 31.3. The maximum Gasteiger partial charge on any atom is 0.329 e. The van der Waals surface area contributed by atoms with Gasteiger partial charge in [-0.05, 0) is 24.8 Å². The molecule has 3 aliphatic heterocycles. The number of nitrogens with zero attached hydrogens (tertiary/aromatic N) is 1. The number of rotatable bonds is 3. The van der Waals surface area contributed by atoms with E-state index in [-0.39, 0.29) is 5.91 Å². The largest absolute Gasteiger partial charge is 0.337 e. The summed E-state index contributed by atoms with van der Waals surface area (Å²) in [5.41, 5.74) is -0.191. The Bertz CT molecular complexity index is 562. The number of fused-ring (bicyclic) bond motifs is 3. The van der Waals surface area contributed by atoms with Crippen LogP contribution in [0.15, 0.2) is 30.3 Å². The van der Waals surface area contributed by atoms with Crippen molar-refractivity contribution in [1.29, 1.82) is 0 Å². The fourth-order valence-electron chi connectivity index (χ4n) is 3.48. The van der Waals surface area contributed by atoms with Gasteiger partial charge in [0.15, 0.2) is 0 Å². The van der Waals surface area contributed by atoms with E-state index >= 15 is 0 Å². The minimum absolute atomic E-state index is 0.137. The zero-order valence-corrected chi connectivity index (χ0v) is 12.4. The number of hydroxylamine groups is 2. The molecule has 3 heterocycles. The molecule has 4 rings (SSSR count). The Morgan fingerprint density at radius 3 is 2.57 bits per heavy atom. The van der Waals surface area contributed by atoms with E-state index < -0.39 is 17.0 Å². The second kappa shape index (κ2) is 4.84. The van der Waals surface area contributed by atoms with Gasteiger partial charge in [0.1, 0.15) is 11.1 Å². The zero-order valence-electron chi connectivity index (χ0n) is 12.4. The summed E-state index contributed by atoms with van der Waals surface area (Å²) in [5.74, 6) is -0.598. The van der Waals surface area contributed by atoms with Crippen LogP contribution in [0.4, 0.5) is 0 Å². The number of piperazine rings is 1. The number of hydrogen-bond acceptors (Lipinski definition) is 4. The number of amides is 1. The monoisotopic (exact) mass is 288 g/mol. The number of hydrogen-bond donors (Lipinski definition) is 1. The van der Waals surface area contributed by atoms with Crippen molar-refractivity contribution in [1.82, 2.24) is 10.4 Å². The lowest BCUT2D eigenvalue weighted by molar-refractivity contribution is -0.248. The Morgan fingerprint density at radius 1 is 1.33 bits per heavy atom. The van der Waals surface area contributed by atoms with Crippen molar-refractivity contribution in [2.75, 3.05) is 6.54 Å². The van der Waals surface area contributed by atoms with Crippen molar-refractivity contribution in [3.8, 4) is 0 Å². The number of benzene rings is 1. The summed E-state index contributed by atoms with van der Waals surface area (Å²) in [6.07, 6.45) is 2.24. The maximum atomic E-state index is 12.8. The van der Waals surface area contributed by atoms with Crippen LogP contribution in [0.1, 0.15) is 38.7 Å². The Balaban J connectivity index is 2.07. The molecule has 112 valence electrons. The molecule has 0 saturated carbocycles. The number of nitrogens with one attached hydrogen (secondary N) is 1. The van der Waals surface area contributed by atoms with Gasteiger partial charge in [-0.25, -0.2) is 0 Å². The predicted octanol–water partition coefficient (Wildman–Crippen LogP) is 1.73. The molecule has 5 nitrogen and oxygen atoms in total. The standard InChI is InChI=1S/C16H20N2O3/c1-3-15-9-10-16(11-17-15,13-7-5-4-6-8-13)18(14(15)20)21-12(2)19/h4-8,17H,3,9-11H2,1-2H3. The van der Waals surface area contributed by atoms with Gasteiger partial charge in [0.2, 0.25) is 0 Å². The van der Waals surface area contributed by atoms with Gasteiger partial charge in [0.25, 0.3) is 5.91 Å². The van der Waals surface area contributed by atoms with Crippen LogP contribution in [-0.2, 0) is 20.0 Å². The molecule has 21 heavy (non-hydrogen) atoms. The highest BCUT2D eigenvalue weighted by molar-refractivity contribution is 5.89. The molecule has 2 atom stereocenters. The maximum absolute atomic E-state index is 12.8. The third kappa shape index (κ3) is 1.95.